The molecule has 8 heteroatoms. The fourth-order valence-corrected chi connectivity index (χ4v) is 2.90. The minimum absolute atomic E-state index is 0. The van der Waals surface area contributed by atoms with E-state index in [0.29, 0.717) is 43.8 Å². The van der Waals surface area contributed by atoms with Gasteiger partial charge in [-0.15, -0.1) is 24.0 Å². The zero-order chi connectivity index (χ0) is 19.8. The van der Waals surface area contributed by atoms with Gasteiger partial charge in [-0.05, 0) is 35.4 Å². The van der Waals surface area contributed by atoms with Crippen molar-refractivity contribution in [2.24, 2.45) is 4.99 Å². The van der Waals surface area contributed by atoms with Gasteiger partial charge in [-0.25, -0.2) is 0 Å². The Bertz CT molecular complexity index is 830. The molecule has 0 radical (unpaired) electrons. The Labute approximate surface area is 188 Å². The summed E-state index contributed by atoms with van der Waals surface area (Å²) in [6.07, 6.45) is 0.898. The summed E-state index contributed by atoms with van der Waals surface area (Å²) in [5.41, 5.74) is 2.16. The predicted octanol–water partition coefficient (Wildman–Crippen LogP) is 3.35. The fourth-order valence-electron chi connectivity index (χ4n) is 2.90. The van der Waals surface area contributed by atoms with E-state index >= 15 is 0 Å². The highest BCUT2D eigenvalue weighted by molar-refractivity contribution is 14.0. The third-order valence-corrected chi connectivity index (χ3v) is 4.40. The van der Waals surface area contributed by atoms with Gasteiger partial charge in [0.2, 0.25) is 0 Å². The molecular formula is C21H28IN3O4. The average Bonchev–Trinajstić information content (AvgIpc) is 2.98. The van der Waals surface area contributed by atoms with E-state index in [9.17, 15) is 0 Å². The third-order valence-electron chi connectivity index (χ3n) is 4.40. The molecule has 2 aromatic carbocycles. The summed E-state index contributed by atoms with van der Waals surface area (Å²) < 4.78 is 22.0. The minimum atomic E-state index is 0. The lowest BCUT2D eigenvalue weighted by atomic mass is 10.2. The van der Waals surface area contributed by atoms with Crippen LogP contribution in [0, 0.1) is 0 Å². The Balaban J connectivity index is 0.00000300. The quantitative estimate of drug-likeness (QED) is 0.351. The molecular weight excluding hydrogens is 485 g/mol. The predicted molar refractivity (Wildman–Crippen MR) is 124 cm³/mol. The van der Waals surface area contributed by atoms with Gasteiger partial charge in [-0.2, -0.15) is 0 Å². The number of halogens is 1. The molecule has 158 valence electrons. The fraction of sp³-hybridized carbons (Fsp3) is 0.381. The van der Waals surface area contributed by atoms with Crippen LogP contribution in [0.3, 0.4) is 0 Å². The second-order valence-electron chi connectivity index (χ2n) is 6.30. The van der Waals surface area contributed by atoms with Crippen molar-refractivity contribution in [2.45, 2.75) is 19.5 Å². The Morgan fingerprint density at radius 1 is 0.897 bits per heavy atom. The van der Waals surface area contributed by atoms with Gasteiger partial charge < -0.3 is 29.6 Å². The van der Waals surface area contributed by atoms with E-state index in [2.05, 4.69) is 15.6 Å². The highest BCUT2D eigenvalue weighted by Gasteiger charge is 2.11. The Morgan fingerprint density at radius 3 is 2.17 bits per heavy atom. The standard InChI is InChI=1S/C21H27N3O4.HI/c1-22-21(23-13-15-5-7-17(25-2)19(11-15)26-3)24-14-16-6-8-18-20(12-16)28-10-4-9-27-18;/h5-8,11-12H,4,9-10,13-14H2,1-3H3,(H2,22,23,24);1H. The summed E-state index contributed by atoms with van der Waals surface area (Å²) >= 11 is 0. The van der Waals surface area contributed by atoms with E-state index in [1.807, 2.05) is 36.4 Å². The van der Waals surface area contributed by atoms with E-state index in [1.165, 1.54) is 0 Å². The Morgan fingerprint density at radius 2 is 1.52 bits per heavy atom. The van der Waals surface area contributed by atoms with Gasteiger partial charge in [0.25, 0.3) is 0 Å². The first-order valence-electron chi connectivity index (χ1n) is 9.27. The smallest absolute Gasteiger partial charge is 0.191 e. The van der Waals surface area contributed by atoms with E-state index in [-0.39, 0.29) is 24.0 Å². The second-order valence-corrected chi connectivity index (χ2v) is 6.30. The number of hydrogen-bond acceptors (Lipinski definition) is 5. The number of fused-ring (bicyclic) bond motifs is 1. The van der Waals surface area contributed by atoms with Crippen molar-refractivity contribution in [1.82, 2.24) is 10.6 Å². The van der Waals surface area contributed by atoms with Crippen LogP contribution >= 0.6 is 24.0 Å². The van der Waals surface area contributed by atoms with Crippen LogP contribution < -0.4 is 29.6 Å². The third kappa shape index (κ3) is 6.31. The van der Waals surface area contributed by atoms with Crippen molar-refractivity contribution in [1.29, 1.82) is 0 Å². The molecule has 0 amide bonds. The first-order chi connectivity index (χ1) is 13.7. The van der Waals surface area contributed by atoms with Crippen molar-refractivity contribution in [3.63, 3.8) is 0 Å². The molecule has 0 bridgehead atoms. The molecule has 0 saturated carbocycles. The number of methoxy groups -OCH3 is 2. The summed E-state index contributed by atoms with van der Waals surface area (Å²) in [4.78, 5) is 4.28. The summed E-state index contributed by atoms with van der Waals surface area (Å²) in [5.74, 6) is 3.73. The van der Waals surface area contributed by atoms with Gasteiger partial charge in [0.15, 0.2) is 29.0 Å². The number of nitrogens with one attached hydrogen (secondary N) is 2. The summed E-state index contributed by atoms with van der Waals surface area (Å²) in [6, 6.07) is 11.8. The minimum Gasteiger partial charge on any atom is -0.493 e. The molecule has 1 aliphatic heterocycles. The van der Waals surface area contributed by atoms with Gasteiger partial charge in [0.1, 0.15) is 0 Å². The molecule has 2 N–H and O–H groups in total. The van der Waals surface area contributed by atoms with Crippen molar-refractivity contribution in [3.05, 3.63) is 47.5 Å². The molecule has 2 aromatic rings. The number of ether oxygens (including phenoxy) is 4. The normalized spacial score (nSPS) is 13.0. The van der Waals surface area contributed by atoms with Crippen molar-refractivity contribution >= 4 is 29.9 Å². The van der Waals surface area contributed by atoms with Gasteiger partial charge in [-0.1, -0.05) is 12.1 Å². The van der Waals surface area contributed by atoms with Crippen LogP contribution in [0.25, 0.3) is 0 Å². The second kappa shape index (κ2) is 11.6. The molecule has 0 unspecified atom stereocenters. The molecule has 0 fully saturated rings. The monoisotopic (exact) mass is 513 g/mol. The molecule has 7 nitrogen and oxygen atoms in total. The van der Waals surface area contributed by atoms with Crippen molar-refractivity contribution in [2.75, 3.05) is 34.5 Å². The molecule has 0 saturated heterocycles. The van der Waals surface area contributed by atoms with Crippen LogP contribution in [-0.2, 0) is 13.1 Å². The Kier molecular flexibility index (Phi) is 9.17. The maximum Gasteiger partial charge on any atom is 0.191 e. The lowest BCUT2D eigenvalue weighted by molar-refractivity contribution is 0.297. The average molecular weight is 513 g/mol. The largest absolute Gasteiger partial charge is 0.493 e. The molecule has 3 rings (SSSR count). The van der Waals surface area contributed by atoms with Crippen LogP contribution in [-0.4, -0.2) is 40.4 Å². The molecule has 0 aliphatic carbocycles. The maximum absolute atomic E-state index is 5.75. The lowest BCUT2D eigenvalue weighted by Gasteiger charge is -2.14. The van der Waals surface area contributed by atoms with Crippen LogP contribution in [0.2, 0.25) is 0 Å². The first kappa shape index (κ1) is 22.9. The molecule has 29 heavy (non-hydrogen) atoms. The van der Waals surface area contributed by atoms with E-state index in [1.54, 1.807) is 21.3 Å². The van der Waals surface area contributed by atoms with E-state index < -0.39 is 0 Å². The van der Waals surface area contributed by atoms with E-state index in [4.69, 9.17) is 18.9 Å². The van der Waals surface area contributed by atoms with Gasteiger partial charge in [-0.3, -0.25) is 4.99 Å². The highest BCUT2D eigenvalue weighted by atomic mass is 127. The van der Waals surface area contributed by atoms with Crippen molar-refractivity contribution in [3.8, 4) is 23.0 Å². The number of hydrogen-bond donors (Lipinski definition) is 2. The number of aliphatic imine (C=N–C) groups is 1. The molecule has 1 aliphatic rings. The van der Waals surface area contributed by atoms with Crippen LogP contribution in [0.15, 0.2) is 41.4 Å². The number of guanidine groups is 1. The topological polar surface area (TPSA) is 73.3 Å². The number of nitrogens with zero attached hydrogens (tertiary/aromatic N) is 1. The molecule has 0 spiro atoms. The van der Waals surface area contributed by atoms with E-state index in [0.717, 1.165) is 29.0 Å². The van der Waals surface area contributed by atoms with Gasteiger partial charge in [0.05, 0.1) is 27.4 Å². The molecule has 0 aromatic heterocycles. The van der Waals surface area contributed by atoms with Crippen LogP contribution in [0.5, 0.6) is 23.0 Å². The molecule has 0 atom stereocenters. The number of benzene rings is 2. The van der Waals surface area contributed by atoms with Crippen LogP contribution in [0.4, 0.5) is 0 Å². The van der Waals surface area contributed by atoms with Gasteiger partial charge >= 0.3 is 0 Å². The zero-order valence-electron chi connectivity index (χ0n) is 17.0. The summed E-state index contributed by atoms with van der Waals surface area (Å²) in [6.45, 7) is 2.61. The first-order valence-corrected chi connectivity index (χ1v) is 9.27. The Hall–Kier alpha value is -2.36. The zero-order valence-corrected chi connectivity index (χ0v) is 19.3. The highest BCUT2D eigenvalue weighted by Crippen LogP contribution is 2.30. The summed E-state index contributed by atoms with van der Waals surface area (Å²) in [5, 5.41) is 6.62. The molecule has 1 heterocycles. The van der Waals surface area contributed by atoms with Gasteiger partial charge in [0, 0.05) is 26.6 Å². The lowest BCUT2D eigenvalue weighted by Crippen LogP contribution is -2.36. The van der Waals surface area contributed by atoms with Crippen LogP contribution in [0.1, 0.15) is 17.5 Å². The summed E-state index contributed by atoms with van der Waals surface area (Å²) in [7, 11) is 5.00. The maximum atomic E-state index is 5.75. The number of rotatable bonds is 6. The van der Waals surface area contributed by atoms with Crippen molar-refractivity contribution < 1.29 is 18.9 Å². The SMILES string of the molecule is CN=C(NCc1ccc(OC)c(OC)c1)NCc1ccc2c(c1)OCCCO2.I.